The fourth-order valence-electron chi connectivity index (χ4n) is 2.00. The highest BCUT2D eigenvalue weighted by molar-refractivity contribution is 5.95. The third kappa shape index (κ3) is 2.57. The lowest BCUT2D eigenvalue weighted by Gasteiger charge is -2.32. The molecule has 0 saturated heterocycles. The van der Waals surface area contributed by atoms with Gasteiger partial charge in [0.25, 0.3) is 0 Å². The molecule has 0 spiro atoms. The summed E-state index contributed by atoms with van der Waals surface area (Å²) in [6.07, 6.45) is 0. The van der Waals surface area contributed by atoms with E-state index in [-0.39, 0.29) is 18.0 Å². The fourth-order valence-corrected chi connectivity index (χ4v) is 2.00. The minimum atomic E-state index is -0.292. The molecule has 0 aliphatic carbocycles. The first kappa shape index (κ1) is 14.3. The number of urea groups is 1. The first-order chi connectivity index (χ1) is 9.43. The zero-order valence-electron chi connectivity index (χ0n) is 12.1. The second-order valence-electron chi connectivity index (χ2n) is 4.86. The molecule has 1 aromatic heterocycles. The van der Waals surface area contributed by atoms with Gasteiger partial charge in [0.05, 0.1) is 24.0 Å². The predicted octanol–water partition coefficient (Wildman–Crippen LogP) is 0.630. The molecule has 1 unspecified atom stereocenters. The Balaban J connectivity index is 2.22. The molecule has 2 heterocycles. The van der Waals surface area contributed by atoms with Gasteiger partial charge in [0, 0.05) is 14.1 Å². The minimum absolute atomic E-state index is 0.0695. The van der Waals surface area contributed by atoms with Gasteiger partial charge in [-0.3, -0.25) is 9.69 Å². The number of nitrogens with zero attached hydrogens (tertiary/aromatic N) is 3. The smallest absolute Gasteiger partial charge is 0.321 e. The van der Waals surface area contributed by atoms with Crippen LogP contribution in [0.5, 0.6) is 0 Å². The Morgan fingerprint density at radius 1 is 1.40 bits per heavy atom. The molecule has 1 aliphatic heterocycles. The number of hydrogen-bond acceptors (Lipinski definition) is 4. The first-order valence-electron chi connectivity index (χ1n) is 6.41. The van der Waals surface area contributed by atoms with Crippen LogP contribution in [0.3, 0.4) is 0 Å². The lowest BCUT2D eigenvalue weighted by Crippen LogP contribution is -2.43. The number of carbonyl (C=O) groups excluding carboxylic acids is 2. The Morgan fingerprint density at radius 3 is 2.75 bits per heavy atom. The van der Waals surface area contributed by atoms with Gasteiger partial charge < -0.3 is 15.5 Å². The van der Waals surface area contributed by atoms with Gasteiger partial charge in [-0.1, -0.05) is 0 Å². The van der Waals surface area contributed by atoms with Crippen LogP contribution in [0.15, 0.2) is 12.1 Å². The average molecular weight is 277 g/mol. The summed E-state index contributed by atoms with van der Waals surface area (Å²) in [6.45, 7) is 2.21. The largest absolute Gasteiger partial charge is 0.324 e. The van der Waals surface area contributed by atoms with Crippen molar-refractivity contribution >= 4 is 23.4 Å². The van der Waals surface area contributed by atoms with E-state index in [9.17, 15) is 9.59 Å². The number of fused-ring (bicyclic) bond motifs is 1. The van der Waals surface area contributed by atoms with E-state index in [4.69, 9.17) is 0 Å². The van der Waals surface area contributed by atoms with Gasteiger partial charge in [0.1, 0.15) is 5.82 Å². The highest BCUT2D eigenvalue weighted by atomic mass is 16.2. The van der Waals surface area contributed by atoms with Crippen molar-refractivity contribution in [1.82, 2.24) is 15.2 Å². The van der Waals surface area contributed by atoms with Crippen molar-refractivity contribution in [2.45, 2.75) is 19.5 Å². The molecule has 1 aliphatic rings. The third-order valence-electron chi connectivity index (χ3n) is 3.39. The molecule has 0 radical (unpaired) electrons. The number of aromatic nitrogens is 1. The number of likely N-dealkylation sites (N-methyl/N-ethyl adjacent to an activating group) is 1. The summed E-state index contributed by atoms with van der Waals surface area (Å²) in [5.41, 5.74) is 1.54. The van der Waals surface area contributed by atoms with Crippen molar-refractivity contribution < 1.29 is 9.59 Å². The summed E-state index contributed by atoms with van der Waals surface area (Å²) in [5.74, 6) is 0.348. The van der Waals surface area contributed by atoms with E-state index in [1.807, 2.05) is 0 Å². The topological polar surface area (TPSA) is 77.6 Å². The van der Waals surface area contributed by atoms with Crippen LogP contribution < -0.4 is 15.5 Å². The highest BCUT2D eigenvalue weighted by Gasteiger charge is 2.26. The van der Waals surface area contributed by atoms with Crippen molar-refractivity contribution in [1.29, 1.82) is 0 Å². The second kappa shape index (κ2) is 5.46. The maximum atomic E-state index is 11.8. The maximum Gasteiger partial charge on any atom is 0.324 e. The Morgan fingerprint density at radius 2 is 2.10 bits per heavy atom. The minimum Gasteiger partial charge on any atom is -0.321 e. The summed E-state index contributed by atoms with van der Waals surface area (Å²) in [5, 5.41) is 5.62. The molecule has 7 nitrogen and oxygen atoms in total. The second-order valence-corrected chi connectivity index (χ2v) is 4.86. The Kier molecular flexibility index (Phi) is 3.89. The van der Waals surface area contributed by atoms with E-state index in [1.165, 1.54) is 0 Å². The summed E-state index contributed by atoms with van der Waals surface area (Å²) in [4.78, 5) is 31.2. The van der Waals surface area contributed by atoms with Crippen LogP contribution in [-0.4, -0.2) is 49.0 Å². The average Bonchev–Trinajstić information content (AvgIpc) is 2.43. The molecular formula is C13H19N5O2. The van der Waals surface area contributed by atoms with Crippen LogP contribution in [0.25, 0.3) is 0 Å². The molecule has 0 bridgehead atoms. The molecule has 3 amide bonds. The molecule has 2 N–H and O–H groups in total. The van der Waals surface area contributed by atoms with Crippen LogP contribution in [0, 0.1) is 0 Å². The molecule has 0 fully saturated rings. The first-order valence-corrected chi connectivity index (χ1v) is 6.41. The van der Waals surface area contributed by atoms with E-state index in [1.54, 1.807) is 50.0 Å². The van der Waals surface area contributed by atoms with Gasteiger partial charge in [-0.2, -0.15) is 0 Å². The molecule has 20 heavy (non-hydrogen) atoms. The zero-order valence-corrected chi connectivity index (χ0v) is 12.1. The number of hydrogen-bond donors (Lipinski definition) is 2. The maximum absolute atomic E-state index is 11.8. The van der Waals surface area contributed by atoms with Crippen LogP contribution in [0.2, 0.25) is 0 Å². The Labute approximate surface area is 118 Å². The van der Waals surface area contributed by atoms with Gasteiger partial charge in [0.15, 0.2) is 0 Å². The van der Waals surface area contributed by atoms with Crippen LogP contribution >= 0.6 is 0 Å². The van der Waals surface area contributed by atoms with Crippen molar-refractivity contribution in [3.63, 3.8) is 0 Å². The number of anilines is 2. The number of pyridine rings is 1. The molecule has 1 atom stereocenters. The van der Waals surface area contributed by atoms with Crippen molar-refractivity contribution in [2.24, 2.45) is 0 Å². The summed E-state index contributed by atoms with van der Waals surface area (Å²) in [7, 11) is 5.15. The summed E-state index contributed by atoms with van der Waals surface area (Å²) >= 11 is 0. The Bertz CT molecular complexity index is 546. The predicted molar refractivity (Wildman–Crippen MR) is 76.7 cm³/mol. The monoisotopic (exact) mass is 277 g/mol. The molecule has 1 aromatic rings. The molecule has 2 rings (SSSR count). The van der Waals surface area contributed by atoms with Crippen molar-refractivity contribution in [3.8, 4) is 0 Å². The summed E-state index contributed by atoms with van der Waals surface area (Å²) < 4.78 is 0. The zero-order chi connectivity index (χ0) is 14.9. The van der Waals surface area contributed by atoms with E-state index in [0.717, 1.165) is 11.4 Å². The van der Waals surface area contributed by atoms with Gasteiger partial charge >= 0.3 is 6.03 Å². The molecule has 108 valence electrons. The standard InChI is InChI=1S/C13H19N5O2/c1-8(14-2)12(19)16-11-6-5-10-9(15-11)7-17(3)13(20)18(10)4/h5-6,8,14H,7H2,1-4H3,(H,15,16,19). The van der Waals surface area contributed by atoms with Gasteiger partial charge in [0.2, 0.25) is 5.91 Å². The van der Waals surface area contributed by atoms with E-state index in [0.29, 0.717) is 12.4 Å². The normalized spacial score (nSPS) is 15.9. The van der Waals surface area contributed by atoms with E-state index in [2.05, 4.69) is 15.6 Å². The van der Waals surface area contributed by atoms with Crippen LogP contribution in [0.1, 0.15) is 12.6 Å². The van der Waals surface area contributed by atoms with Gasteiger partial charge in [-0.15, -0.1) is 0 Å². The number of amides is 3. The number of rotatable bonds is 3. The fraction of sp³-hybridized carbons (Fsp3) is 0.462. The SMILES string of the molecule is CNC(C)C(=O)Nc1ccc2c(n1)CN(C)C(=O)N2C. The molecule has 0 aromatic carbocycles. The van der Waals surface area contributed by atoms with Crippen LogP contribution in [0.4, 0.5) is 16.3 Å². The lowest BCUT2D eigenvalue weighted by molar-refractivity contribution is -0.117. The van der Waals surface area contributed by atoms with E-state index >= 15 is 0 Å². The van der Waals surface area contributed by atoms with Crippen molar-refractivity contribution in [3.05, 3.63) is 17.8 Å². The Hall–Kier alpha value is -2.15. The summed E-state index contributed by atoms with van der Waals surface area (Å²) in [6, 6.07) is 3.14. The lowest BCUT2D eigenvalue weighted by atomic mass is 10.2. The van der Waals surface area contributed by atoms with Gasteiger partial charge in [-0.05, 0) is 26.1 Å². The quantitative estimate of drug-likeness (QED) is 0.849. The third-order valence-corrected chi connectivity index (χ3v) is 3.39. The van der Waals surface area contributed by atoms with E-state index < -0.39 is 0 Å². The van der Waals surface area contributed by atoms with Gasteiger partial charge in [-0.25, -0.2) is 9.78 Å². The van der Waals surface area contributed by atoms with Crippen LogP contribution in [-0.2, 0) is 11.3 Å². The number of carbonyl (C=O) groups is 2. The van der Waals surface area contributed by atoms with Crippen molar-refractivity contribution in [2.75, 3.05) is 31.4 Å². The molecule has 0 saturated carbocycles. The molecule has 7 heteroatoms. The molecular weight excluding hydrogens is 258 g/mol. The highest BCUT2D eigenvalue weighted by Crippen LogP contribution is 2.26. The number of nitrogens with one attached hydrogen (secondary N) is 2.